The molecule has 132 valence electrons. The van der Waals surface area contributed by atoms with Gasteiger partial charge in [-0.3, -0.25) is 4.79 Å². The van der Waals surface area contributed by atoms with Gasteiger partial charge in [0, 0.05) is 16.5 Å². The molecule has 0 spiro atoms. The number of carbonyl (C=O) groups excluding carboxylic acids is 1. The fourth-order valence-electron chi connectivity index (χ4n) is 3.05. The molecule has 3 aromatic carbocycles. The van der Waals surface area contributed by atoms with Crippen molar-refractivity contribution in [3.05, 3.63) is 94.0 Å². The van der Waals surface area contributed by atoms with Gasteiger partial charge >= 0.3 is 0 Å². The number of nitrogens with zero attached hydrogens (tertiary/aromatic N) is 1. The van der Waals surface area contributed by atoms with Gasteiger partial charge < -0.3 is 5.73 Å². The standard InChI is InChI=1S/C22H14Cl2N2O/c23-16-11-10-14(12-17(16)24)22(27)19-20(25)15-8-4-5-9-18(15)26-21(19)13-6-2-1-3-7-13/h1-12H,(H2,25,26). The summed E-state index contributed by atoms with van der Waals surface area (Å²) in [6, 6.07) is 21.8. The number of anilines is 1. The van der Waals surface area contributed by atoms with Gasteiger partial charge in [0.25, 0.3) is 0 Å². The minimum absolute atomic E-state index is 0.247. The van der Waals surface area contributed by atoms with Gasteiger partial charge in [0.1, 0.15) is 0 Å². The number of carbonyl (C=O) groups is 1. The number of nitrogen functional groups attached to an aromatic ring is 1. The molecule has 0 fully saturated rings. The Morgan fingerprint density at radius 3 is 2.30 bits per heavy atom. The lowest BCUT2D eigenvalue weighted by atomic mass is 9.94. The van der Waals surface area contributed by atoms with Crippen molar-refractivity contribution in [2.75, 3.05) is 5.73 Å². The van der Waals surface area contributed by atoms with Crippen LogP contribution < -0.4 is 5.73 Å². The number of para-hydroxylation sites is 1. The smallest absolute Gasteiger partial charge is 0.197 e. The summed E-state index contributed by atoms with van der Waals surface area (Å²) in [5.74, 6) is -0.247. The van der Waals surface area contributed by atoms with E-state index in [-0.39, 0.29) is 5.78 Å². The third kappa shape index (κ3) is 3.16. The Bertz CT molecular complexity index is 1170. The van der Waals surface area contributed by atoms with Crippen molar-refractivity contribution < 1.29 is 4.79 Å². The van der Waals surface area contributed by atoms with Gasteiger partial charge in [-0.2, -0.15) is 0 Å². The molecule has 0 radical (unpaired) electrons. The molecular weight excluding hydrogens is 379 g/mol. The Labute approximate surface area is 166 Å². The van der Waals surface area contributed by atoms with E-state index in [0.717, 1.165) is 16.5 Å². The fraction of sp³-hybridized carbons (Fsp3) is 0. The predicted molar refractivity (Wildman–Crippen MR) is 111 cm³/mol. The second-order valence-corrected chi connectivity index (χ2v) is 6.90. The van der Waals surface area contributed by atoms with Crippen LogP contribution in [0.2, 0.25) is 10.0 Å². The molecule has 0 bridgehead atoms. The molecule has 0 amide bonds. The lowest BCUT2D eigenvalue weighted by Crippen LogP contribution is -2.10. The average molecular weight is 393 g/mol. The van der Waals surface area contributed by atoms with Crippen molar-refractivity contribution in [1.29, 1.82) is 0 Å². The first-order valence-electron chi connectivity index (χ1n) is 8.29. The first kappa shape index (κ1) is 17.5. The van der Waals surface area contributed by atoms with Crippen molar-refractivity contribution in [2.45, 2.75) is 0 Å². The first-order valence-corrected chi connectivity index (χ1v) is 9.05. The molecule has 4 aromatic rings. The van der Waals surface area contributed by atoms with E-state index in [1.165, 1.54) is 0 Å². The molecule has 5 heteroatoms. The highest BCUT2D eigenvalue weighted by Gasteiger charge is 2.22. The van der Waals surface area contributed by atoms with E-state index in [2.05, 4.69) is 0 Å². The molecule has 0 aliphatic rings. The lowest BCUT2D eigenvalue weighted by molar-refractivity contribution is 0.104. The zero-order chi connectivity index (χ0) is 19.0. The number of aromatic nitrogens is 1. The van der Waals surface area contributed by atoms with Crippen LogP contribution in [-0.2, 0) is 0 Å². The minimum Gasteiger partial charge on any atom is -0.398 e. The summed E-state index contributed by atoms with van der Waals surface area (Å²) in [7, 11) is 0. The highest BCUT2D eigenvalue weighted by atomic mass is 35.5. The highest BCUT2D eigenvalue weighted by molar-refractivity contribution is 6.42. The highest BCUT2D eigenvalue weighted by Crippen LogP contribution is 2.34. The quantitative estimate of drug-likeness (QED) is 0.433. The molecule has 0 aliphatic heterocycles. The Kier molecular flexibility index (Phi) is 4.56. The van der Waals surface area contributed by atoms with Crippen molar-refractivity contribution in [2.24, 2.45) is 0 Å². The van der Waals surface area contributed by atoms with Crippen molar-refractivity contribution in [1.82, 2.24) is 4.98 Å². The molecule has 2 N–H and O–H groups in total. The monoisotopic (exact) mass is 392 g/mol. The molecule has 0 saturated heterocycles. The van der Waals surface area contributed by atoms with Crippen LogP contribution in [0.4, 0.5) is 5.69 Å². The normalized spacial score (nSPS) is 10.9. The summed E-state index contributed by atoms with van der Waals surface area (Å²) >= 11 is 12.1. The third-order valence-electron chi connectivity index (χ3n) is 4.39. The summed E-state index contributed by atoms with van der Waals surface area (Å²) in [6.07, 6.45) is 0. The third-order valence-corrected chi connectivity index (χ3v) is 5.13. The largest absolute Gasteiger partial charge is 0.398 e. The van der Waals surface area contributed by atoms with E-state index >= 15 is 0 Å². The van der Waals surface area contributed by atoms with Gasteiger partial charge in [0.15, 0.2) is 5.78 Å². The van der Waals surface area contributed by atoms with E-state index in [1.54, 1.807) is 18.2 Å². The van der Waals surface area contributed by atoms with Gasteiger partial charge in [-0.15, -0.1) is 0 Å². The summed E-state index contributed by atoms with van der Waals surface area (Å²) < 4.78 is 0. The molecule has 0 unspecified atom stereocenters. The molecule has 1 aromatic heterocycles. The van der Waals surface area contributed by atoms with Gasteiger partial charge in [0.2, 0.25) is 0 Å². The molecule has 1 heterocycles. The number of fused-ring (bicyclic) bond motifs is 1. The number of rotatable bonds is 3. The van der Waals surface area contributed by atoms with E-state index in [0.29, 0.717) is 32.6 Å². The van der Waals surface area contributed by atoms with Crippen LogP contribution in [0.25, 0.3) is 22.2 Å². The number of hydrogen-bond acceptors (Lipinski definition) is 3. The number of ketones is 1. The molecular formula is C22H14Cl2N2O. The van der Waals surface area contributed by atoms with Crippen LogP contribution >= 0.6 is 23.2 Å². The van der Waals surface area contributed by atoms with Gasteiger partial charge in [-0.25, -0.2) is 4.98 Å². The number of hydrogen-bond donors (Lipinski definition) is 1. The Morgan fingerprint density at radius 2 is 1.56 bits per heavy atom. The Balaban J connectivity index is 2.01. The second-order valence-electron chi connectivity index (χ2n) is 6.09. The summed E-state index contributed by atoms with van der Waals surface area (Å²) in [5.41, 5.74) is 9.71. The zero-order valence-corrected chi connectivity index (χ0v) is 15.6. The molecule has 0 aliphatic carbocycles. The molecule has 4 rings (SSSR count). The van der Waals surface area contributed by atoms with Crippen LogP contribution in [0.1, 0.15) is 15.9 Å². The number of halogens is 2. The number of nitrogens with two attached hydrogens (primary N) is 1. The van der Waals surface area contributed by atoms with Crippen molar-refractivity contribution >= 4 is 45.6 Å². The summed E-state index contributed by atoms with van der Waals surface area (Å²) in [6.45, 7) is 0. The maximum Gasteiger partial charge on any atom is 0.197 e. The molecule has 3 nitrogen and oxygen atoms in total. The van der Waals surface area contributed by atoms with Crippen LogP contribution in [0.3, 0.4) is 0 Å². The van der Waals surface area contributed by atoms with Gasteiger partial charge in [-0.05, 0) is 24.3 Å². The van der Waals surface area contributed by atoms with Gasteiger partial charge in [0.05, 0.1) is 32.5 Å². The summed E-state index contributed by atoms with van der Waals surface area (Å²) in [4.78, 5) is 18.1. The molecule has 27 heavy (non-hydrogen) atoms. The fourth-order valence-corrected chi connectivity index (χ4v) is 3.35. The Morgan fingerprint density at radius 1 is 0.852 bits per heavy atom. The van der Waals surface area contributed by atoms with Crippen LogP contribution in [0.5, 0.6) is 0 Å². The minimum atomic E-state index is -0.247. The van der Waals surface area contributed by atoms with E-state index < -0.39 is 0 Å². The number of pyridine rings is 1. The van der Waals surface area contributed by atoms with Crippen LogP contribution in [0, 0.1) is 0 Å². The average Bonchev–Trinajstić information content (AvgIpc) is 2.70. The first-order chi connectivity index (χ1) is 13.1. The zero-order valence-electron chi connectivity index (χ0n) is 14.1. The SMILES string of the molecule is Nc1c(C(=O)c2ccc(Cl)c(Cl)c2)c(-c2ccccc2)nc2ccccc12. The van der Waals surface area contributed by atoms with Gasteiger partial charge in [-0.1, -0.05) is 71.7 Å². The Hall–Kier alpha value is -2.88. The predicted octanol–water partition coefficient (Wildman–Crippen LogP) is 6.02. The van der Waals surface area contributed by atoms with Crippen LogP contribution in [-0.4, -0.2) is 10.8 Å². The summed E-state index contributed by atoms with van der Waals surface area (Å²) in [5, 5.41) is 1.44. The lowest BCUT2D eigenvalue weighted by Gasteiger charge is -2.14. The van der Waals surface area contributed by atoms with Crippen molar-refractivity contribution in [3.63, 3.8) is 0 Å². The maximum atomic E-state index is 13.3. The molecule has 0 saturated carbocycles. The van der Waals surface area contributed by atoms with Crippen LogP contribution in [0.15, 0.2) is 72.8 Å². The second kappa shape index (κ2) is 7.03. The van der Waals surface area contributed by atoms with E-state index in [9.17, 15) is 4.79 Å². The van der Waals surface area contributed by atoms with E-state index in [1.807, 2.05) is 54.6 Å². The van der Waals surface area contributed by atoms with E-state index in [4.69, 9.17) is 33.9 Å². The molecule has 0 atom stereocenters. The topological polar surface area (TPSA) is 56.0 Å². The number of benzene rings is 3. The van der Waals surface area contributed by atoms with Crippen molar-refractivity contribution in [3.8, 4) is 11.3 Å². The maximum absolute atomic E-state index is 13.3.